The fraction of sp³-hybridized carbons (Fsp3) is 0.600. The van der Waals surface area contributed by atoms with E-state index in [1.807, 2.05) is 33.8 Å². The van der Waals surface area contributed by atoms with Gasteiger partial charge in [0.2, 0.25) is 0 Å². The maximum Gasteiger partial charge on any atom is 0.362 e. The molecule has 0 fully saturated rings. The summed E-state index contributed by atoms with van der Waals surface area (Å²) in [6, 6.07) is 1.89. The molecule has 3 nitrogen and oxygen atoms in total. The van der Waals surface area contributed by atoms with Gasteiger partial charge in [0.15, 0.2) is 0 Å². The van der Waals surface area contributed by atoms with Crippen LogP contribution in [0.5, 0.6) is 0 Å². The molecular weight excluding hydrogens is 231 g/mol. The minimum absolute atomic E-state index is 0.394. The summed E-state index contributed by atoms with van der Waals surface area (Å²) >= 11 is 1.62. The van der Waals surface area contributed by atoms with Crippen LogP contribution in [-0.2, 0) is 13.6 Å². The summed E-state index contributed by atoms with van der Waals surface area (Å²) < 4.78 is 23.0. The molecule has 0 radical (unpaired) electrons. The van der Waals surface area contributed by atoms with E-state index in [1.54, 1.807) is 11.3 Å². The summed E-state index contributed by atoms with van der Waals surface area (Å²) in [4.78, 5) is 2.14. The molecule has 0 saturated carbocycles. The minimum Gasteiger partial charge on any atom is -0.305 e. The Kier molecular flexibility index (Phi) is 4.53. The second-order valence-corrected chi connectivity index (χ2v) is 6.59. The van der Waals surface area contributed by atoms with Crippen LogP contribution in [0, 0.1) is 13.8 Å². The molecule has 1 rings (SSSR count). The molecule has 0 aliphatic carbocycles. The molecule has 0 unspecified atom stereocenters. The fourth-order valence-electron chi connectivity index (χ4n) is 1.41. The summed E-state index contributed by atoms with van der Waals surface area (Å²) in [7, 11) is -3.08. The van der Waals surface area contributed by atoms with Crippen molar-refractivity contribution in [2.24, 2.45) is 0 Å². The van der Waals surface area contributed by atoms with Crippen LogP contribution in [0.15, 0.2) is 6.07 Å². The third-order valence-corrected chi connectivity index (χ3v) is 5.28. The van der Waals surface area contributed by atoms with Crippen LogP contribution in [0.4, 0.5) is 0 Å². The van der Waals surface area contributed by atoms with Gasteiger partial charge in [-0.15, -0.1) is 11.3 Å². The van der Waals surface area contributed by atoms with E-state index in [9.17, 15) is 4.57 Å². The Hall–Kier alpha value is -0.150. The first-order valence-electron chi connectivity index (χ1n) is 5.00. The third-order valence-electron chi connectivity index (χ3n) is 1.91. The SMILES string of the molecule is CCOP(=O)(OCC)c1cc(C)sc1C. The van der Waals surface area contributed by atoms with Gasteiger partial charge >= 0.3 is 7.60 Å². The zero-order valence-electron chi connectivity index (χ0n) is 9.57. The van der Waals surface area contributed by atoms with Crippen LogP contribution >= 0.6 is 18.9 Å². The molecule has 1 aromatic rings. The molecule has 0 aromatic carbocycles. The standard InChI is InChI=1S/C10H17O3PS/c1-5-12-14(11,13-6-2)10-7-8(3)15-9(10)4/h7H,5-6H2,1-4H3. The van der Waals surface area contributed by atoms with Gasteiger partial charge in [-0.3, -0.25) is 4.57 Å². The van der Waals surface area contributed by atoms with Crippen molar-refractivity contribution >= 4 is 24.2 Å². The van der Waals surface area contributed by atoms with Crippen molar-refractivity contribution in [1.82, 2.24) is 0 Å². The van der Waals surface area contributed by atoms with Gasteiger partial charge in [0.1, 0.15) is 0 Å². The Bertz CT molecular complexity index is 363. The lowest BCUT2D eigenvalue weighted by Gasteiger charge is -2.16. The van der Waals surface area contributed by atoms with Crippen LogP contribution in [-0.4, -0.2) is 13.2 Å². The molecule has 0 aliphatic heterocycles. The van der Waals surface area contributed by atoms with Crippen LogP contribution in [0.1, 0.15) is 23.6 Å². The Morgan fingerprint density at radius 3 is 2.13 bits per heavy atom. The lowest BCUT2D eigenvalue weighted by molar-refractivity contribution is 0.230. The van der Waals surface area contributed by atoms with Crippen molar-refractivity contribution in [1.29, 1.82) is 0 Å². The molecule has 0 saturated heterocycles. The number of hydrogen-bond acceptors (Lipinski definition) is 4. The Morgan fingerprint density at radius 1 is 1.27 bits per heavy atom. The molecule has 15 heavy (non-hydrogen) atoms. The van der Waals surface area contributed by atoms with Gasteiger partial charge in [-0.05, 0) is 33.8 Å². The first-order valence-corrected chi connectivity index (χ1v) is 7.36. The molecule has 0 spiro atoms. The second kappa shape index (κ2) is 5.26. The van der Waals surface area contributed by atoms with Crippen LogP contribution < -0.4 is 5.30 Å². The van der Waals surface area contributed by atoms with Crippen molar-refractivity contribution in [3.05, 3.63) is 15.8 Å². The predicted octanol–water partition coefficient (Wildman–Crippen LogP) is 3.26. The summed E-state index contributed by atoms with van der Waals surface area (Å²) in [5, 5.41) is 0.716. The summed E-state index contributed by atoms with van der Waals surface area (Å²) in [6.45, 7) is 8.36. The highest BCUT2D eigenvalue weighted by atomic mass is 32.1. The zero-order chi connectivity index (χ0) is 11.5. The fourth-order valence-corrected chi connectivity index (χ4v) is 4.56. The Morgan fingerprint density at radius 2 is 1.80 bits per heavy atom. The number of rotatable bonds is 5. The first kappa shape index (κ1) is 12.9. The summed E-state index contributed by atoms with van der Waals surface area (Å²) in [6.07, 6.45) is 0. The van der Waals surface area contributed by atoms with Crippen molar-refractivity contribution in [3.63, 3.8) is 0 Å². The van der Waals surface area contributed by atoms with Crippen LogP contribution in [0.25, 0.3) is 0 Å². The maximum absolute atomic E-state index is 12.4. The van der Waals surface area contributed by atoms with Crippen molar-refractivity contribution in [2.45, 2.75) is 27.7 Å². The monoisotopic (exact) mass is 248 g/mol. The number of thiophene rings is 1. The van der Waals surface area contributed by atoms with E-state index in [2.05, 4.69) is 0 Å². The molecule has 0 N–H and O–H groups in total. The highest BCUT2D eigenvalue weighted by Gasteiger charge is 2.29. The largest absolute Gasteiger partial charge is 0.362 e. The van der Waals surface area contributed by atoms with Crippen LogP contribution in [0.3, 0.4) is 0 Å². The maximum atomic E-state index is 12.4. The van der Waals surface area contributed by atoms with E-state index in [0.29, 0.717) is 18.5 Å². The van der Waals surface area contributed by atoms with Crippen LogP contribution in [0.2, 0.25) is 0 Å². The summed E-state index contributed by atoms with van der Waals surface area (Å²) in [5.41, 5.74) is 0. The highest BCUT2D eigenvalue weighted by Crippen LogP contribution is 2.48. The van der Waals surface area contributed by atoms with Crippen molar-refractivity contribution < 1.29 is 13.6 Å². The average Bonchev–Trinajstić information content (AvgIpc) is 2.46. The molecule has 86 valence electrons. The van der Waals surface area contributed by atoms with Gasteiger partial charge in [-0.1, -0.05) is 0 Å². The van der Waals surface area contributed by atoms with Gasteiger partial charge < -0.3 is 9.05 Å². The topological polar surface area (TPSA) is 35.5 Å². The van der Waals surface area contributed by atoms with Gasteiger partial charge in [0.05, 0.1) is 18.5 Å². The third kappa shape index (κ3) is 2.91. The minimum atomic E-state index is -3.08. The lowest BCUT2D eigenvalue weighted by atomic mass is 10.4. The van der Waals surface area contributed by atoms with E-state index in [4.69, 9.17) is 9.05 Å². The molecule has 0 bridgehead atoms. The van der Waals surface area contributed by atoms with E-state index in [-0.39, 0.29) is 0 Å². The van der Waals surface area contributed by atoms with Gasteiger partial charge in [0.25, 0.3) is 0 Å². The van der Waals surface area contributed by atoms with E-state index < -0.39 is 7.60 Å². The van der Waals surface area contributed by atoms with Gasteiger partial charge in [-0.25, -0.2) is 0 Å². The molecular formula is C10H17O3PS. The van der Waals surface area contributed by atoms with E-state index in [0.717, 1.165) is 9.75 Å². The average molecular weight is 248 g/mol. The molecule has 0 atom stereocenters. The van der Waals surface area contributed by atoms with E-state index >= 15 is 0 Å². The zero-order valence-corrected chi connectivity index (χ0v) is 11.3. The Balaban J connectivity index is 3.08. The molecule has 0 aliphatic rings. The Labute approximate surface area is 95.0 Å². The quantitative estimate of drug-likeness (QED) is 0.750. The van der Waals surface area contributed by atoms with Gasteiger partial charge in [0, 0.05) is 9.75 Å². The molecule has 1 heterocycles. The first-order chi connectivity index (χ1) is 7.03. The highest BCUT2D eigenvalue weighted by molar-refractivity contribution is 7.62. The molecule has 1 aromatic heterocycles. The molecule has 0 amide bonds. The van der Waals surface area contributed by atoms with Gasteiger partial charge in [-0.2, -0.15) is 0 Å². The van der Waals surface area contributed by atoms with E-state index in [1.165, 1.54) is 0 Å². The summed E-state index contributed by atoms with van der Waals surface area (Å²) in [5.74, 6) is 0. The number of aryl methyl sites for hydroxylation is 2. The van der Waals surface area contributed by atoms with Crippen molar-refractivity contribution in [2.75, 3.05) is 13.2 Å². The predicted molar refractivity (Wildman–Crippen MR) is 64.3 cm³/mol. The normalized spacial score (nSPS) is 12.0. The second-order valence-electron chi connectivity index (χ2n) is 3.13. The van der Waals surface area contributed by atoms with Crippen molar-refractivity contribution in [3.8, 4) is 0 Å². The lowest BCUT2D eigenvalue weighted by Crippen LogP contribution is -2.10. The number of hydrogen-bond donors (Lipinski definition) is 0. The smallest absolute Gasteiger partial charge is 0.305 e. The molecule has 5 heteroatoms.